The number of esters is 1. The van der Waals surface area contributed by atoms with Crippen molar-refractivity contribution in [2.75, 3.05) is 19.7 Å². The van der Waals surface area contributed by atoms with E-state index in [-0.39, 0.29) is 41.9 Å². The molecule has 3 rings (SSSR count). The normalized spacial score (nSPS) is 16.6. The van der Waals surface area contributed by atoms with E-state index in [2.05, 4.69) is 15.2 Å². The Morgan fingerprint density at radius 2 is 2.04 bits per heavy atom. The number of likely N-dealkylation sites (tertiary alicyclic amines) is 1. The monoisotopic (exact) mass is 384 g/mol. The summed E-state index contributed by atoms with van der Waals surface area (Å²) in [6.45, 7) is 3.09. The Bertz CT molecular complexity index is 881. The first kappa shape index (κ1) is 19.7. The molecule has 1 fully saturated rings. The van der Waals surface area contributed by atoms with E-state index in [9.17, 15) is 14.4 Å². The standard InChI is InChI=1S/C20H24N4O4/c1-2-28-20(27)15-9-6-12-24(13-15)17(25)11-10-16-19(26)21-18(23-22-16)14-7-4-3-5-8-14/h3-5,7-8,15H,2,6,9-13H2,1H3,(H,21,23,26)/t15-/m1/s1. The van der Waals surface area contributed by atoms with Crippen LogP contribution in [0.5, 0.6) is 0 Å². The Morgan fingerprint density at radius 3 is 2.75 bits per heavy atom. The third kappa shape index (κ3) is 4.82. The summed E-state index contributed by atoms with van der Waals surface area (Å²) < 4.78 is 5.06. The molecule has 1 aliphatic heterocycles. The van der Waals surface area contributed by atoms with Gasteiger partial charge in [-0.15, -0.1) is 10.2 Å². The molecule has 28 heavy (non-hydrogen) atoms. The fraction of sp³-hybridized carbons (Fsp3) is 0.450. The number of amides is 1. The molecular weight excluding hydrogens is 360 g/mol. The van der Waals surface area contributed by atoms with Crippen molar-refractivity contribution in [1.29, 1.82) is 0 Å². The van der Waals surface area contributed by atoms with Gasteiger partial charge in [-0.25, -0.2) is 0 Å². The van der Waals surface area contributed by atoms with Gasteiger partial charge in [-0.2, -0.15) is 0 Å². The number of carbonyl (C=O) groups is 2. The summed E-state index contributed by atoms with van der Waals surface area (Å²) in [6.07, 6.45) is 1.85. The first-order chi connectivity index (χ1) is 13.6. The van der Waals surface area contributed by atoms with Gasteiger partial charge in [0, 0.05) is 31.5 Å². The number of piperidine rings is 1. The van der Waals surface area contributed by atoms with Crippen LogP contribution in [-0.4, -0.2) is 51.7 Å². The molecule has 0 aliphatic carbocycles. The highest BCUT2D eigenvalue weighted by Crippen LogP contribution is 2.19. The molecule has 1 N–H and O–H groups in total. The second-order valence-corrected chi connectivity index (χ2v) is 6.75. The summed E-state index contributed by atoms with van der Waals surface area (Å²) in [5.41, 5.74) is 0.657. The van der Waals surface area contributed by atoms with Crippen LogP contribution < -0.4 is 5.56 Å². The predicted molar refractivity (Wildman–Crippen MR) is 102 cm³/mol. The molecule has 2 heterocycles. The number of aromatic amines is 1. The average molecular weight is 384 g/mol. The van der Waals surface area contributed by atoms with Crippen molar-refractivity contribution in [3.05, 3.63) is 46.4 Å². The van der Waals surface area contributed by atoms with Crippen LogP contribution in [0.25, 0.3) is 11.4 Å². The number of H-pyrrole nitrogens is 1. The van der Waals surface area contributed by atoms with Gasteiger partial charge in [-0.1, -0.05) is 30.3 Å². The third-order valence-electron chi connectivity index (χ3n) is 4.78. The SMILES string of the molecule is CCOC(=O)[C@@H]1CCCN(C(=O)CCc2nnc(-c3ccccc3)[nH]c2=O)C1. The maximum atomic E-state index is 12.5. The number of nitrogens with zero attached hydrogens (tertiary/aromatic N) is 3. The fourth-order valence-corrected chi connectivity index (χ4v) is 3.29. The molecule has 0 bridgehead atoms. The summed E-state index contributed by atoms with van der Waals surface area (Å²) in [5, 5.41) is 8.06. The molecule has 2 aromatic rings. The highest BCUT2D eigenvalue weighted by molar-refractivity contribution is 5.78. The molecule has 1 aromatic heterocycles. The van der Waals surface area contributed by atoms with Crippen LogP contribution in [0.1, 0.15) is 31.9 Å². The maximum absolute atomic E-state index is 12.5. The zero-order chi connectivity index (χ0) is 19.9. The molecule has 0 radical (unpaired) electrons. The molecule has 1 saturated heterocycles. The Labute approximate surface area is 162 Å². The van der Waals surface area contributed by atoms with Gasteiger partial charge in [0.05, 0.1) is 12.5 Å². The number of ether oxygens (including phenoxy) is 1. The van der Waals surface area contributed by atoms with Crippen molar-refractivity contribution in [3.63, 3.8) is 0 Å². The lowest BCUT2D eigenvalue weighted by Crippen LogP contribution is -2.43. The third-order valence-corrected chi connectivity index (χ3v) is 4.78. The number of hydrogen-bond acceptors (Lipinski definition) is 6. The molecule has 0 saturated carbocycles. The highest BCUT2D eigenvalue weighted by Gasteiger charge is 2.29. The quantitative estimate of drug-likeness (QED) is 0.758. The van der Waals surface area contributed by atoms with Crippen molar-refractivity contribution < 1.29 is 14.3 Å². The molecule has 8 nitrogen and oxygen atoms in total. The van der Waals surface area contributed by atoms with Gasteiger partial charge < -0.3 is 14.6 Å². The lowest BCUT2D eigenvalue weighted by molar-refractivity contribution is -0.151. The topological polar surface area (TPSA) is 105 Å². The van der Waals surface area contributed by atoms with Crippen LogP contribution >= 0.6 is 0 Å². The zero-order valence-electron chi connectivity index (χ0n) is 15.9. The summed E-state index contributed by atoms with van der Waals surface area (Å²) in [5.74, 6) is -0.221. The number of hydrogen-bond donors (Lipinski definition) is 1. The number of benzene rings is 1. The lowest BCUT2D eigenvalue weighted by atomic mass is 9.98. The molecule has 0 unspecified atom stereocenters. The molecular formula is C20H24N4O4. The fourth-order valence-electron chi connectivity index (χ4n) is 3.29. The summed E-state index contributed by atoms with van der Waals surface area (Å²) in [7, 11) is 0. The van der Waals surface area contributed by atoms with E-state index in [0.29, 0.717) is 25.5 Å². The number of rotatable bonds is 6. The van der Waals surface area contributed by atoms with Gasteiger partial charge in [-0.3, -0.25) is 14.4 Å². The van der Waals surface area contributed by atoms with Gasteiger partial charge in [0.1, 0.15) is 5.69 Å². The minimum absolute atomic E-state index is 0.0951. The van der Waals surface area contributed by atoms with E-state index in [0.717, 1.165) is 18.4 Å². The Kier molecular flexibility index (Phi) is 6.52. The van der Waals surface area contributed by atoms with Crippen molar-refractivity contribution in [3.8, 4) is 11.4 Å². The van der Waals surface area contributed by atoms with Crippen molar-refractivity contribution >= 4 is 11.9 Å². The summed E-state index contributed by atoms with van der Waals surface area (Å²) >= 11 is 0. The maximum Gasteiger partial charge on any atom is 0.310 e. The van der Waals surface area contributed by atoms with Crippen LogP contribution in [0.4, 0.5) is 0 Å². The molecule has 1 aromatic carbocycles. The molecule has 1 atom stereocenters. The first-order valence-corrected chi connectivity index (χ1v) is 9.54. The van der Waals surface area contributed by atoms with Gasteiger partial charge in [0.15, 0.2) is 5.82 Å². The van der Waals surface area contributed by atoms with Crippen molar-refractivity contribution in [1.82, 2.24) is 20.1 Å². The summed E-state index contributed by atoms with van der Waals surface area (Å²) in [4.78, 5) is 41.1. The summed E-state index contributed by atoms with van der Waals surface area (Å²) in [6, 6.07) is 9.25. The van der Waals surface area contributed by atoms with E-state index < -0.39 is 0 Å². The van der Waals surface area contributed by atoms with Gasteiger partial charge in [0.25, 0.3) is 5.56 Å². The van der Waals surface area contributed by atoms with E-state index in [1.54, 1.807) is 11.8 Å². The van der Waals surface area contributed by atoms with E-state index in [4.69, 9.17) is 4.74 Å². The Morgan fingerprint density at radius 1 is 1.25 bits per heavy atom. The van der Waals surface area contributed by atoms with Crippen LogP contribution in [0, 0.1) is 5.92 Å². The lowest BCUT2D eigenvalue weighted by Gasteiger charge is -2.31. The Balaban J connectivity index is 1.58. The second kappa shape index (κ2) is 9.25. The highest BCUT2D eigenvalue weighted by atomic mass is 16.5. The first-order valence-electron chi connectivity index (χ1n) is 9.54. The van der Waals surface area contributed by atoms with E-state index in [1.807, 2.05) is 30.3 Å². The molecule has 8 heteroatoms. The molecule has 1 amide bonds. The molecule has 1 aliphatic rings. The minimum atomic E-state index is -0.343. The van der Waals surface area contributed by atoms with Crippen LogP contribution in [0.2, 0.25) is 0 Å². The Hall–Kier alpha value is -3.03. The number of aromatic nitrogens is 3. The van der Waals surface area contributed by atoms with Crippen LogP contribution in [0.3, 0.4) is 0 Å². The number of aryl methyl sites for hydroxylation is 1. The van der Waals surface area contributed by atoms with Gasteiger partial charge in [0.2, 0.25) is 5.91 Å². The smallest absolute Gasteiger partial charge is 0.310 e. The minimum Gasteiger partial charge on any atom is -0.466 e. The largest absolute Gasteiger partial charge is 0.466 e. The average Bonchev–Trinajstić information content (AvgIpc) is 2.73. The van der Waals surface area contributed by atoms with Gasteiger partial charge in [-0.05, 0) is 19.8 Å². The van der Waals surface area contributed by atoms with Crippen LogP contribution in [-0.2, 0) is 20.7 Å². The molecule has 148 valence electrons. The van der Waals surface area contributed by atoms with Gasteiger partial charge >= 0.3 is 5.97 Å². The van der Waals surface area contributed by atoms with Crippen molar-refractivity contribution in [2.24, 2.45) is 5.92 Å². The predicted octanol–water partition coefficient (Wildman–Crippen LogP) is 1.57. The van der Waals surface area contributed by atoms with E-state index in [1.165, 1.54) is 0 Å². The van der Waals surface area contributed by atoms with Crippen LogP contribution in [0.15, 0.2) is 35.1 Å². The number of carbonyl (C=O) groups excluding carboxylic acids is 2. The molecule has 0 spiro atoms. The zero-order valence-corrected chi connectivity index (χ0v) is 15.9. The second-order valence-electron chi connectivity index (χ2n) is 6.75. The van der Waals surface area contributed by atoms with Crippen molar-refractivity contribution in [2.45, 2.75) is 32.6 Å². The van der Waals surface area contributed by atoms with E-state index >= 15 is 0 Å². The number of nitrogens with one attached hydrogen (secondary N) is 1.